The lowest BCUT2D eigenvalue weighted by atomic mass is 10.1. The van der Waals surface area contributed by atoms with Gasteiger partial charge in [-0.1, -0.05) is 49.4 Å². The summed E-state index contributed by atoms with van der Waals surface area (Å²) in [6, 6.07) is 18.9. The number of benzene rings is 2. The topological polar surface area (TPSA) is 51.1 Å². The zero-order chi connectivity index (χ0) is 18.5. The second kappa shape index (κ2) is 7.83. The van der Waals surface area contributed by atoms with Gasteiger partial charge in [-0.05, 0) is 48.2 Å². The average Bonchev–Trinajstić information content (AvgIpc) is 2.65. The van der Waals surface area contributed by atoms with Crippen molar-refractivity contribution in [1.29, 1.82) is 0 Å². The summed E-state index contributed by atoms with van der Waals surface area (Å²) in [5.41, 5.74) is 3.81. The number of aromatic nitrogens is 1. The molecule has 0 saturated heterocycles. The Morgan fingerprint density at radius 3 is 2.38 bits per heavy atom. The number of aryl methyl sites for hydroxylation is 2. The first-order chi connectivity index (χ1) is 12.6. The molecule has 0 atom stereocenters. The van der Waals surface area contributed by atoms with E-state index in [0.29, 0.717) is 6.54 Å². The number of anilines is 1. The Morgan fingerprint density at radius 1 is 0.962 bits per heavy atom. The second-order valence-corrected chi connectivity index (χ2v) is 6.25. The van der Waals surface area contributed by atoms with E-state index in [1.807, 2.05) is 62.4 Å². The highest BCUT2D eigenvalue weighted by molar-refractivity contribution is 6.04. The number of carbonyl (C=O) groups is 1. The molecule has 0 fully saturated rings. The number of nitrogens with one attached hydrogen (secondary N) is 1. The summed E-state index contributed by atoms with van der Waals surface area (Å²) in [5.74, 6) is -0.380. The number of pyridine rings is 1. The summed E-state index contributed by atoms with van der Waals surface area (Å²) in [5, 5.41) is 2.87. The zero-order valence-electron chi connectivity index (χ0n) is 15.0. The van der Waals surface area contributed by atoms with Crippen molar-refractivity contribution in [2.75, 3.05) is 5.32 Å². The third kappa shape index (κ3) is 3.75. The van der Waals surface area contributed by atoms with Crippen LogP contribution in [0, 0.1) is 6.92 Å². The number of rotatable bonds is 5. The predicted molar refractivity (Wildman–Crippen MR) is 105 cm³/mol. The minimum Gasteiger partial charge on any atom is -0.322 e. The Hall–Kier alpha value is -3.14. The van der Waals surface area contributed by atoms with Gasteiger partial charge in [0.15, 0.2) is 0 Å². The fourth-order valence-corrected chi connectivity index (χ4v) is 2.95. The molecule has 1 amide bonds. The lowest BCUT2D eigenvalue weighted by molar-refractivity contribution is 0.102. The Kier molecular flexibility index (Phi) is 5.32. The van der Waals surface area contributed by atoms with Gasteiger partial charge in [0, 0.05) is 11.9 Å². The van der Waals surface area contributed by atoms with Crippen LogP contribution in [0.4, 0.5) is 5.69 Å². The van der Waals surface area contributed by atoms with E-state index < -0.39 is 0 Å². The predicted octanol–water partition coefficient (Wildman–Crippen LogP) is 4.02. The maximum Gasteiger partial charge on any atom is 0.263 e. The third-order valence-electron chi connectivity index (χ3n) is 4.51. The first-order valence-corrected chi connectivity index (χ1v) is 8.73. The van der Waals surface area contributed by atoms with Crippen LogP contribution in [0.3, 0.4) is 0 Å². The Morgan fingerprint density at radius 2 is 1.65 bits per heavy atom. The van der Waals surface area contributed by atoms with Crippen LogP contribution in [0.1, 0.15) is 34.0 Å². The molecule has 3 aromatic rings. The molecule has 1 aromatic heterocycles. The summed E-state index contributed by atoms with van der Waals surface area (Å²) in [6.45, 7) is 4.49. The molecule has 26 heavy (non-hydrogen) atoms. The maximum atomic E-state index is 12.8. The number of hydrogen-bond donors (Lipinski definition) is 1. The summed E-state index contributed by atoms with van der Waals surface area (Å²) in [7, 11) is 0. The maximum absolute atomic E-state index is 12.8. The molecule has 2 aromatic carbocycles. The Labute approximate surface area is 153 Å². The molecule has 1 heterocycles. The van der Waals surface area contributed by atoms with Crippen LogP contribution < -0.4 is 10.9 Å². The standard InChI is InChI=1S/C22H22N2O2/c1-3-17-10-6-7-13-20(17)23-21(25)19-12-8-14-24(22(19)26)15-18-11-5-4-9-16(18)2/h4-14H,3,15H2,1-2H3,(H,23,25). The van der Waals surface area contributed by atoms with Gasteiger partial charge in [0.05, 0.1) is 6.54 Å². The summed E-state index contributed by atoms with van der Waals surface area (Å²) >= 11 is 0. The molecule has 0 radical (unpaired) electrons. The van der Waals surface area contributed by atoms with Crippen molar-refractivity contribution < 1.29 is 4.79 Å². The van der Waals surface area contributed by atoms with Crippen LogP contribution in [-0.4, -0.2) is 10.5 Å². The van der Waals surface area contributed by atoms with Crippen LogP contribution in [0.2, 0.25) is 0 Å². The van der Waals surface area contributed by atoms with Crippen molar-refractivity contribution in [3.05, 3.63) is 99.5 Å². The van der Waals surface area contributed by atoms with Gasteiger partial charge in [0.1, 0.15) is 5.56 Å². The van der Waals surface area contributed by atoms with Gasteiger partial charge < -0.3 is 9.88 Å². The normalized spacial score (nSPS) is 10.5. The van der Waals surface area contributed by atoms with Crippen LogP contribution in [0.15, 0.2) is 71.7 Å². The number of hydrogen-bond acceptors (Lipinski definition) is 2. The van der Waals surface area contributed by atoms with Gasteiger partial charge in [-0.15, -0.1) is 0 Å². The lowest BCUT2D eigenvalue weighted by Gasteiger charge is -2.12. The quantitative estimate of drug-likeness (QED) is 0.758. The van der Waals surface area contributed by atoms with Gasteiger partial charge in [-0.3, -0.25) is 9.59 Å². The van der Waals surface area contributed by atoms with Gasteiger partial charge in [0.25, 0.3) is 11.5 Å². The molecule has 0 spiro atoms. The summed E-state index contributed by atoms with van der Waals surface area (Å²) < 4.78 is 1.57. The van der Waals surface area contributed by atoms with E-state index in [2.05, 4.69) is 5.32 Å². The van der Waals surface area contributed by atoms with Crippen molar-refractivity contribution in [2.24, 2.45) is 0 Å². The van der Waals surface area contributed by atoms with Crippen molar-refractivity contribution in [1.82, 2.24) is 4.57 Å². The largest absolute Gasteiger partial charge is 0.322 e. The molecule has 132 valence electrons. The smallest absolute Gasteiger partial charge is 0.263 e. The van der Waals surface area contributed by atoms with E-state index in [-0.39, 0.29) is 17.0 Å². The molecule has 0 bridgehead atoms. The van der Waals surface area contributed by atoms with Crippen LogP contribution in [0.25, 0.3) is 0 Å². The molecule has 4 heteroatoms. The molecule has 0 aliphatic carbocycles. The number of carbonyl (C=O) groups excluding carboxylic acids is 1. The second-order valence-electron chi connectivity index (χ2n) is 6.25. The SMILES string of the molecule is CCc1ccccc1NC(=O)c1cccn(Cc2ccccc2C)c1=O. The molecular weight excluding hydrogens is 324 g/mol. The van der Waals surface area contributed by atoms with Crippen molar-refractivity contribution in [3.63, 3.8) is 0 Å². The van der Waals surface area contributed by atoms with E-state index in [0.717, 1.165) is 28.8 Å². The molecule has 3 rings (SSSR count). The summed E-state index contributed by atoms with van der Waals surface area (Å²) in [6.07, 6.45) is 2.52. The number of para-hydroxylation sites is 1. The zero-order valence-corrected chi connectivity index (χ0v) is 15.0. The van der Waals surface area contributed by atoms with Gasteiger partial charge in [-0.25, -0.2) is 0 Å². The Balaban J connectivity index is 1.88. The highest BCUT2D eigenvalue weighted by Crippen LogP contribution is 2.16. The highest BCUT2D eigenvalue weighted by Gasteiger charge is 2.14. The highest BCUT2D eigenvalue weighted by atomic mass is 16.2. The van der Waals surface area contributed by atoms with Crippen molar-refractivity contribution >= 4 is 11.6 Å². The third-order valence-corrected chi connectivity index (χ3v) is 4.51. The van der Waals surface area contributed by atoms with Crippen molar-refractivity contribution in [2.45, 2.75) is 26.8 Å². The van der Waals surface area contributed by atoms with E-state index in [9.17, 15) is 9.59 Å². The number of amides is 1. The van der Waals surface area contributed by atoms with Gasteiger partial charge >= 0.3 is 0 Å². The van der Waals surface area contributed by atoms with Crippen molar-refractivity contribution in [3.8, 4) is 0 Å². The first-order valence-electron chi connectivity index (χ1n) is 8.73. The fraction of sp³-hybridized carbons (Fsp3) is 0.182. The van der Waals surface area contributed by atoms with Crippen LogP contribution >= 0.6 is 0 Å². The van der Waals surface area contributed by atoms with E-state index >= 15 is 0 Å². The van der Waals surface area contributed by atoms with Crippen LogP contribution in [0.5, 0.6) is 0 Å². The molecule has 0 unspecified atom stereocenters. The minimum absolute atomic E-state index is 0.145. The lowest BCUT2D eigenvalue weighted by Crippen LogP contribution is -2.29. The molecule has 4 nitrogen and oxygen atoms in total. The minimum atomic E-state index is -0.380. The summed E-state index contributed by atoms with van der Waals surface area (Å²) in [4.78, 5) is 25.4. The average molecular weight is 346 g/mol. The Bertz CT molecular complexity index is 989. The monoisotopic (exact) mass is 346 g/mol. The van der Waals surface area contributed by atoms with Crippen LogP contribution in [-0.2, 0) is 13.0 Å². The first kappa shape index (κ1) is 17.7. The number of nitrogens with zero attached hydrogens (tertiary/aromatic N) is 1. The van der Waals surface area contributed by atoms with E-state index in [4.69, 9.17) is 0 Å². The molecule has 0 saturated carbocycles. The van der Waals surface area contributed by atoms with Gasteiger partial charge in [-0.2, -0.15) is 0 Å². The molecule has 0 aliphatic heterocycles. The van der Waals surface area contributed by atoms with E-state index in [1.54, 1.807) is 22.9 Å². The molecular formula is C22H22N2O2. The van der Waals surface area contributed by atoms with E-state index in [1.165, 1.54) is 0 Å². The van der Waals surface area contributed by atoms with Gasteiger partial charge in [0.2, 0.25) is 0 Å². The fourth-order valence-electron chi connectivity index (χ4n) is 2.95. The molecule has 0 aliphatic rings. The molecule has 1 N–H and O–H groups in total.